The van der Waals surface area contributed by atoms with Crippen LogP contribution in [0.15, 0.2) is 28.0 Å². The molecular formula is C24H26N2O8. The lowest BCUT2D eigenvalue weighted by atomic mass is 9.86. The zero-order valence-electron chi connectivity index (χ0n) is 19.4. The fourth-order valence-corrected chi connectivity index (χ4v) is 4.96. The Kier molecular flexibility index (Phi) is 5.52. The van der Waals surface area contributed by atoms with Crippen LogP contribution in [0.4, 0.5) is 0 Å². The van der Waals surface area contributed by atoms with Crippen molar-refractivity contribution in [1.29, 1.82) is 0 Å². The van der Waals surface area contributed by atoms with Gasteiger partial charge in [0.05, 0.1) is 44.3 Å². The molecule has 2 N–H and O–H groups in total. The monoisotopic (exact) mass is 470 g/mol. The molecule has 0 bridgehead atoms. The van der Waals surface area contributed by atoms with Crippen molar-refractivity contribution in [2.24, 2.45) is 5.16 Å². The maximum atomic E-state index is 11.1. The molecule has 34 heavy (non-hydrogen) atoms. The van der Waals surface area contributed by atoms with Crippen LogP contribution in [0.5, 0.6) is 34.5 Å². The van der Waals surface area contributed by atoms with Crippen molar-refractivity contribution < 1.29 is 38.4 Å². The summed E-state index contributed by atoms with van der Waals surface area (Å²) in [5.41, 5.74) is 2.79. The summed E-state index contributed by atoms with van der Waals surface area (Å²) >= 11 is 0. The van der Waals surface area contributed by atoms with Crippen LogP contribution in [-0.2, 0) is 6.42 Å². The van der Waals surface area contributed by atoms with Gasteiger partial charge in [-0.25, -0.2) is 0 Å². The summed E-state index contributed by atoms with van der Waals surface area (Å²) in [5, 5.41) is 25.4. The Labute approximate surface area is 195 Å². The highest BCUT2D eigenvalue weighted by Crippen LogP contribution is 2.51. The zero-order valence-corrected chi connectivity index (χ0v) is 19.4. The number of likely N-dealkylation sites (N-methyl/N-ethyl adjacent to an activating group) is 1. The molecule has 10 nitrogen and oxygen atoms in total. The van der Waals surface area contributed by atoms with Gasteiger partial charge >= 0.3 is 0 Å². The van der Waals surface area contributed by atoms with Crippen LogP contribution in [0.25, 0.3) is 11.0 Å². The van der Waals surface area contributed by atoms with Gasteiger partial charge in [0.15, 0.2) is 22.8 Å². The van der Waals surface area contributed by atoms with E-state index in [4.69, 9.17) is 28.1 Å². The van der Waals surface area contributed by atoms with Gasteiger partial charge in [0.2, 0.25) is 18.3 Å². The molecule has 0 fully saturated rings. The quantitative estimate of drug-likeness (QED) is 0.316. The molecule has 180 valence electrons. The maximum Gasteiger partial charge on any atom is 0.231 e. The smallest absolute Gasteiger partial charge is 0.231 e. The highest BCUT2D eigenvalue weighted by atomic mass is 16.7. The van der Waals surface area contributed by atoms with Crippen molar-refractivity contribution in [1.82, 2.24) is 4.90 Å². The van der Waals surface area contributed by atoms with Crippen molar-refractivity contribution in [3.8, 4) is 34.5 Å². The van der Waals surface area contributed by atoms with E-state index in [1.807, 2.05) is 13.1 Å². The molecule has 0 saturated carbocycles. The number of hydrogen-bond donors (Lipinski definition) is 2. The molecule has 1 unspecified atom stereocenters. The SMILES string of the molecule is COc1c2c(cc3c1C(C/C(=N/O)c1c(O)c(OC)c4occc4c1OC)N(C)CC3)OCO2. The number of nitrogens with zero attached hydrogens (tertiary/aromatic N) is 2. The number of phenols is 1. The van der Waals surface area contributed by atoms with Crippen molar-refractivity contribution >= 4 is 16.7 Å². The van der Waals surface area contributed by atoms with Crippen molar-refractivity contribution in [2.45, 2.75) is 18.9 Å². The number of benzene rings is 2. The number of hydrogen-bond acceptors (Lipinski definition) is 10. The molecule has 1 aromatic heterocycles. The van der Waals surface area contributed by atoms with Crippen LogP contribution in [0.3, 0.4) is 0 Å². The summed E-state index contributed by atoms with van der Waals surface area (Å²) in [6.45, 7) is 0.903. The summed E-state index contributed by atoms with van der Waals surface area (Å²) in [6, 6.07) is 3.45. The fourth-order valence-electron chi connectivity index (χ4n) is 4.96. The molecule has 5 rings (SSSR count). The Bertz CT molecular complexity index is 1280. The normalized spacial score (nSPS) is 17.6. The molecule has 1 atom stereocenters. The van der Waals surface area contributed by atoms with E-state index in [1.165, 1.54) is 20.5 Å². The predicted molar refractivity (Wildman–Crippen MR) is 122 cm³/mol. The topological polar surface area (TPSA) is 115 Å². The number of oxime groups is 1. The van der Waals surface area contributed by atoms with Gasteiger partial charge in [0, 0.05) is 24.6 Å². The lowest BCUT2D eigenvalue weighted by Gasteiger charge is -2.36. The van der Waals surface area contributed by atoms with E-state index in [1.54, 1.807) is 13.2 Å². The Morgan fingerprint density at radius 1 is 1.15 bits per heavy atom. The average Bonchev–Trinajstić information content (AvgIpc) is 3.51. The van der Waals surface area contributed by atoms with Gasteiger partial charge in [-0.15, -0.1) is 0 Å². The van der Waals surface area contributed by atoms with E-state index in [-0.39, 0.29) is 42.0 Å². The largest absolute Gasteiger partial charge is 0.504 e. The second kappa shape index (κ2) is 8.53. The third kappa shape index (κ3) is 3.17. The summed E-state index contributed by atoms with van der Waals surface area (Å²) in [7, 11) is 6.50. The molecule has 2 aromatic carbocycles. The van der Waals surface area contributed by atoms with Crippen molar-refractivity contribution in [2.75, 3.05) is 41.7 Å². The predicted octanol–water partition coefficient (Wildman–Crippen LogP) is 3.69. The van der Waals surface area contributed by atoms with Crippen LogP contribution in [0, 0.1) is 0 Å². The summed E-state index contributed by atoms with van der Waals surface area (Å²) in [6.07, 6.45) is 2.52. The summed E-state index contributed by atoms with van der Waals surface area (Å²) in [5.74, 6) is 2.04. The lowest BCUT2D eigenvalue weighted by Crippen LogP contribution is -2.34. The van der Waals surface area contributed by atoms with Gasteiger partial charge < -0.3 is 38.4 Å². The first-order valence-electron chi connectivity index (χ1n) is 10.8. The molecule has 0 radical (unpaired) electrons. The van der Waals surface area contributed by atoms with E-state index in [0.29, 0.717) is 34.0 Å². The minimum atomic E-state index is -0.241. The number of rotatable bonds is 6. The second-order valence-corrected chi connectivity index (χ2v) is 8.17. The molecule has 3 aromatic rings. The van der Waals surface area contributed by atoms with Gasteiger partial charge in [-0.2, -0.15) is 0 Å². The number of phenolic OH excluding ortho intramolecular Hbond substituents is 1. The highest BCUT2D eigenvalue weighted by molar-refractivity contribution is 6.11. The first-order chi connectivity index (χ1) is 16.5. The van der Waals surface area contributed by atoms with E-state index < -0.39 is 0 Å². The standard InChI is InChI=1S/C24H26N2O8/c1-26-7-5-12-9-16-22(34-11-33-16)23(30-3)17(12)15(26)10-14(25-28)18-19(27)24(31-4)21-13(6-8-32-21)20(18)29-2/h6,8-9,15,27-28H,5,7,10-11H2,1-4H3/b25-14-. The minimum Gasteiger partial charge on any atom is -0.504 e. The van der Waals surface area contributed by atoms with Gasteiger partial charge in [-0.3, -0.25) is 4.90 Å². The molecule has 0 amide bonds. The van der Waals surface area contributed by atoms with Crippen LogP contribution in [-0.4, -0.2) is 62.6 Å². The Morgan fingerprint density at radius 3 is 2.62 bits per heavy atom. The number of fused-ring (bicyclic) bond motifs is 3. The first-order valence-corrected chi connectivity index (χ1v) is 10.8. The van der Waals surface area contributed by atoms with Gasteiger partial charge in [0.25, 0.3) is 0 Å². The Morgan fingerprint density at radius 2 is 1.91 bits per heavy atom. The number of aromatic hydroxyl groups is 1. The van der Waals surface area contributed by atoms with Crippen LogP contribution < -0.4 is 23.7 Å². The van der Waals surface area contributed by atoms with Gasteiger partial charge in [-0.1, -0.05) is 5.16 Å². The number of methoxy groups -OCH3 is 3. The third-order valence-corrected chi connectivity index (χ3v) is 6.55. The van der Waals surface area contributed by atoms with Gasteiger partial charge in [-0.05, 0) is 31.2 Å². The van der Waals surface area contributed by atoms with Crippen molar-refractivity contribution in [3.05, 3.63) is 35.1 Å². The maximum absolute atomic E-state index is 11.1. The number of furan rings is 1. The van der Waals surface area contributed by atoms with Crippen LogP contribution in [0.1, 0.15) is 29.2 Å². The fraction of sp³-hybridized carbons (Fsp3) is 0.375. The average molecular weight is 470 g/mol. The van der Waals surface area contributed by atoms with Crippen molar-refractivity contribution in [3.63, 3.8) is 0 Å². The zero-order chi connectivity index (χ0) is 24.0. The first kappa shape index (κ1) is 22.0. The van der Waals surface area contributed by atoms with Crippen LogP contribution >= 0.6 is 0 Å². The number of ether oxygens (including phenoxy) is 5. The van der Waals surface area contributed by atoms with E-state index in [9.17, 15) is 10.3 Å². The summed E-state index contributed by atoms with van der Waals surface area (Å²) in [4.78, 5) is 2.15. The molecule has 2 aliphatic rings. The van der Waals surface area contributed by atoms with E-state index in [2.05, 4.69) is 10.1 Å². The Balaban J connectivity index is 1.65. The highest BCUT2D eigenvalue weighted by Gasteiger charge is 2.36. The molecule has 0 spiro atoms. The molecule has 0 aliphatic carbocycles. The van der Waals surface area contributed by atoms with Gasteiger partial charge in [0.1, 0.15) is 5.75 Å². The summed E-state index contributed by atoms with van der Waals surface area (Å²) < 4.78 is 33.6. The molecule has 0 saturated heterocycles. The second-order valence-electron chi connectivity index (χ2n) is 8.17. The lowest BCUT2D eigenvalue weighted by molar-refractivity contribution is 0.170. The van der Waals surface area contributed by atoms with E-state index >= 15 is 0 Å². The van der Waals surface area contributed by atoms with Crippen LogP contribution in [0.2, 0.25) is 0 Å². The molecule has 3 heterocycles. The Hall–Kier alpha value is -3.79. The minimum absolute atomic E-state index is 0.133. The molecular weight excluding hydrogens is 444 g/mol. The molecule has 2 aliphatic heterocycles. The third-order valence-electron chi connectivity index (χ3n) is 6.55. The molecule has 10 heteroatoms. The van der Waals surface area contributed by atoms with E-state index in [0.717, 1.165) is 24.1 Å².